The number of aliphatic imine (C=N–C) groups is 1. The molecule has 0 spiro atoms. The van der Waals surface area contributed by atoms with Gasteiger partial charge in [0.1, 0.15) is 6.34 Å². The van der Waals surface area contributed by atoms with E-state index in [4.69, 9.17) is 4.98 Å². The van der Waals surface area contributed by atoms with Gasteiger partial charge in [-0.3, -0.25) is 0 Å². The molecule has 3 heterocycles. The molecular weight excluding hydrogens is 248 g/mol. The third-order valence-corrected chi connectivity index (χ3v) is 3.71. The Hall–Kier alpha value is -2.88. The highest BCUT2D eigenvalue weighted by molar-refractivity contribution is 5.94. The highest BCUT2D eigenvalue weighted by Gasteiger charge is 2.11. The Labute approximate surface area is 113 Å². The lowest BCUT2D eigenvalue weighted by molar-refractivity contribution is 1.30. The molecule has 0 N–H and O–H groups in total. The normalized spacial score (nSPS) is 13.6. The number of nitrogens with zero attached hydrogens (tertiary/aromatic N) is 4. The number of pyridine rings is 1. The van der Waals surface area contributed by atoms with Crippen LogP contribution in [0.3, 0.4) is 0 Å². The average Bonchev–Trinajstić information content (AvgIpc) is 3.09. The van der Waals surface area contributed by atoms with Crippen molar-refractivity contribution in [1.82, 2.24) is 4.98 Å². The van der Waals surface area contributed by atoms with E-state index < -0.39 is 0 Å². The predicted octanol–water partition coefficient (Wildman–Crippen LogP) is 2.08. The first kappa shape index (κ1) is 9.97. The van der Waals surface area contributed by atoms with Gasteiger partial charge in [-0.2, -0.15) is 0 Å². The van der Waals surface area contributed by atoms with E-state index in [9.17, 15) is 0 Å². The van der Waals surface area contributed by atoms with Crippen LogP contribution in [-0.2, 0) is 0 Å². The number of hydrogen-bond donors (Lipinski definition) is 0. The van der Waals surface area contributed by atoms with Gasteiger partial charge in [-0.05, 0) is 24.3 Å². The number of rotatable bonds is 0. The van der Waals surface area contributed by atoms with E-state index in [0.717, 1.165) is 43.6 Å². The van der Waals surface area contributed by atoms with Crippen molar-refractivity contribution in [2.24, 2.45) is 15.0 Å². The molecule has 92 valence electrons. The van der Waals surface area contributed by atoms with Gasteiger partial charge in [0.05, 0.1) is 33.0 Å². The summed E-state index contributed by atoms with van der Waals surface area (Å²) in [5, 5.41) is 4.94. The third-order valence-electron chi connectivity index (χ3n) is 3.71. The number of fused-ring (bicyclic) bond motifs is 5. The van der Waals surface area contributed by atoms with Crippen molar-refractivity contribution in [2.75, 3.05) is 0 Å². The molecule has 0 saturated carbocycles. The summed E-state index contributed by atoms with van der Waals surface area (Å²) in [6.45, 7) is 0. The smallest absolute Gasteiger partial charge is 0.116 e. The van der Waals surface area contributed by atoms with Crippen molar-refractivity contribution in [3.63, 3.8) is 0 Å². The van der Waals surface area contributed by atoms with Crippen LogP contribution >= 0.6 is 0 Å². The SMILES string of the molecule is C1=Nc2c(ccc3nc4c(cc23)N=c2ccccc2=4)=N1. The second kappa shape index (κ2) is 3.36. The topological polar surface area (TPSA) is 50.0 Å². The zero-order valence-electron chi connectivity index (χ0n) is 10.4. The monoisotopic (exact) mass is 256 g/mol. The largest absolute Gasteiger partial charge is 0.246 e. The van der Waals surface area contributed by atoms with Crippen LogP contribution in [0.25, 0.3) is 10.9 Å². The van der Waals surface area contributed by atoms with Gasteiger partial charge < -0.3 is 0 Å². The van der Waals surface area contributed by atoms with Crippen LogP contribution in [0.4, 0.5) is 11.4 Å². The van der Waals surface area contributed by atoms with E-state index in [1.54, 1.807) is 6.34 Å². The molecule has 1 aromatic heterocycles. The molecule has 0 fully saturated rings. The van der Waals surface area contributed by atoms with Gasteiger partial charge in [0.25, 0.3) is 0 Å². The lowest BCUT2D eigenvalue weighted by atomic mass is 10.1. The van der Waals surface area contributed by atoms with Crippen LogP contribution in [-0.4, -0.2) is 11.3 Å². The molecule has 2 aromatic carbocycles. The lowest BCUT2D eigenvalue weighted by Crippen LogP contribution is -1.98. The second-order valence-corrected chi connectivity index (χ2v) is 4.86. The quantitative estimate of drug-likeness (QED) is 0.475. The Morgan fingerprint density at radius 3 is 2.85 bits per heavy atom. The van der Waals surface area contributed by atoms with Crippen molar-refractivity contribution < 1.29 is 0 Å². The molecule has 0 bridgehead atoms. The van der Waals surface area contributed by atoms with Gasteiger partial charge in [0, 0.05) is 10.6 Å². The summed E-state index contributed by atoms with van der Waals surface area (Å²) >= 11 is 0. The maximum atomic E-state index is 4.77. The van der Waals surface area contributed by atoms with E-state index in [0.29, 0.717) is 0 Å². The summed E-state index contributed by atoms with van der Waals surface area (Å²) in [4.78, 5) is 18.0. The maximum absolute atomic E-state index is 4.77. The van der Waals surface area contributed by atoms with Crippen LogP contribution in [0.1, 0.15) is 0 Å². The minimum absolute atomic E-state index is 0.893. The van der Waals surface area contributed by atoms with E-state index in [1.165, 1.54) is 0 Å². The van der Waals surface area contributed by atoms with Crippen molar-refractivity contribution in [3.05, 3.63) is 63.7 Å². The summed E-state index contributed by atoms with van der Waals surface area (Å²) in [5.74, 6) is 0. The molecule has 3 aromatic rings. The molecule has 20 heavy (non-hydrogen) atoms. The summed E-state index contributed by atoms with van der Waals surface area (Å²) < 4.78 is 0. The summed E-state index contributed by atoms with van der Waals surface area (Å²) in [5.41, 5.74) is 2.74. The number of aromatic nitrogens is 1. The molecule has 0 amide bonds. The van der Waals surface area contributed by atoms with Crippen LogP contribution in [0.15, 0.2) is 57.4 Å². The highest BCUT2D eigenvalue weighted by Crippen LogP contribution is 2.28. The van der Waals surface area contributed by atoms with Gasteiger partial charge in [-0.25, -0.2) is 20.0 Å². The molecule has 4 heteroatoms. The fourth-order valence-corrected chi connectivity index (χ4v) is 2.78. The van der Waals surface area contributed by atoms with Gasteiger partial charge in [-0.15, -0.1) is 0 Å². The first-order chi connectivity index (χ1) is 9.90. The standard InChI is InChI=1S/C16H8N4/c1-2-4-11-9(3-1)16-14(19-11)7-10-12(20-16)5-6-13-15(10)18-8-17-13/h1-8H. The Bertz CT molecular complexity index is 1140. The summed E-state index contributed by atoms with van der Waals surface area (Å²) in [6, 6.07) is 14.1. The van der Waals surface area contributed by atoms with Gasteiger partial charge in [0.2, 0.25) is 0 Å². The summed E-state index contributed by atoms with van der Waals surface area (Å²) in [6.07, 6.45) is 1.59. The van der Waals surface area contributed by atoms with Crippen molar-refractivity contribution in [3.8, 4) is 0 Å². The Morgan fingerprint density at radius 1 is 0.900 bits per heavy atom. The van der Waals surface area contributed by atoms with Crippen LogP contribution < -0.4 is 10.7 Å². The molecule has 2 aliphatic heterocycles. The lowest BCUT2D eigenvalue weighted by Gasteiger charge is -2.00. The van der Waals surface area contributed by atoms with E-state index in [2.05, 4.69) is 27.1 Å². The molecule has 2 aliphatic rings. The van der Waals surface area contributed by atoms with Crippen molar-refractivity contribution in [1.29, 1.82) is 0 Å². The first-order valence-corrected chi connectivity index (χ1v) is 6.42. The van der Waals surface area contributed by atoms with Crippen LogP contribution in [0, 0.1) is 10.6 Å². The predicted molar refractivity (Wildman–Crippen MR) is 76.0 cm³/mol. The van der Waals surface area contributed by atoms with Gasteiger partial charge in [0.15, 0.2) is 0 Å². The Morgan fingerprint density at radius 2 is 1.85 bits per heavy atom. The number of hydrogen-bond acceptors (Lipinski definition) is 4. The van der Waals surface area contributed by atoms with Crippen molar-refractivity contribution in [2.45, 2.75) is 0 Å². The second-order valence-electron chi connectivity index (χ2n) is 4.86. The molecule has 0 saturated heterocycles. The molecular formula is C16H8N4. The maximum Gasteiger partial charge on any atom is 0.116 e. The molecule has 0 unspecified atom stereocenters. The zero-order valence-corrected chi connectivity index (χ0v) is 10.4. The minimum atomic E-state index is 0.893. The molecule has 0 atom stereocenters. The van der Waals surface area contributed by atoms with Crippen molar-refractivity contribution >= 4 is 28.6 Å². The van der Waals surface area contributed by atoms with Gasteiger partial charge in [-0.1, -0.05) is 18.2 Å². The Kier molecular flexibility index (Phi) is 1.68. The minimum Gasteiger partial charge on any atom is -0.246 e. The molecule has 5 rings (SSSR count). The first-order valence-electron chi connectivity index (χ1n) is 6.42. The summed E-state index contributed by atoms with van der Waals surface area (Å²) in [7, 11) is 0. The zero-order chi connectivity index (χ0) is 13.1. The fourth-order valence-electron chi connectivity index (χ4n) is 2.78. The van der Waals surface area contributed by atoms with E-state index >= 15 is 0 Å². The Balaban J connectivity index is 2.05. The molecule has 0 aliphatic carbocycles. The molecule has 0 radical (unpaired) electrons. The molecule has 4 nitrogen and oxygen atoms in total. The number of benzene rings is 2. The fraction of sp³-hybridized carbons (Fsp3) is 0. The van der Waals surface area contributed by atoms with Crippen LogP contribution in [0.2, 0.25) is 0 Å². The highest BCUT2D eigenvalue weighted by atomic mass is 14.9. The van der Waals surface area contributed by atoms with Crippen LogP contribution in [0.5, 0.6) is 0 Å². The average molecular weight is 256 g/mol. The number of para-hydroxylation sites is 1. The van der Waals surface area contributed by atoms with E-state index in [-0.39, 0.29) is 0 Å². The van der Waals surface area contributed by atoms with Gasteiger partial charge >= 0.3 is 0 Å². The third kappa shape index (κ3) is 1.15. The van der Waals surface area contributed by atoms with E-state index in [1.807, 2.05) is 30.3 Å².